The highest BCUT2D eigenvalue weighted by molar-refractivity contribution is 5.83. The van der Waals surface area contributed by atoms with Crippen molar-refractivity contribution in [3.8, 4) is 0 Å². The quantitative estimate of drug-likeness (QED) is 0.718. The molecular weight excluding hydrogens is 256 g/mol. The zero-order valence-electron chi connectivity index (χ0n) is 12.1. The molecule has 1 rings (SSSR count). The first-order valence-corrected chi connectivity index (χ1v) is 6.37. The highest BCUT2D eigenvalue weighted by Crippen LogP contribution is 2.10. The third-order valence-corrected chi connectivity index (χ3v) is 2.47. The van der Waals surface area contributed by atoms with E-state index in [1.807, 2.05) is 32.9 Å². The lowest BCUT2D eigenvalue weighted by molar-refractivity contribution is -0.118. The largest absolute Gasteiger partial charge is 0.399 e. The molecule has 0 heterocycles. The van der Waals surface area contributed by atoms with E-state index in [2.05, 4.69) is 5.32 Å². The molecule has 0 aliphatic carbocycles. The van der Waals surface area contributed by atoms with E-state index in [0.717, 1.165) is 5.56 Å². The van der Waals surface area contributed by atoms with Crippen molar-refractivity contribution in [1.82, 2.24) is 10.2 Å². The van der Waals surface area contributed by atoms with E-state index in [0.29, 0.717) is 12.2 Å². The normalized spacial score (nSPS) is 10.9. The Balaban J connectivity index is 2.81. The van der Waals surface area contributed by atoms with E-state index in [-0.39, 0.29) is 18.1 Å². The highest BCUT2D eigenvalue weighted by Gasteiger charge is 2.21. The number of amides is 3. The van der Waals surface area contributed by atoms with E-state index in [1.54, 1.807) is 12.1 Å². The lowest BCUT2D eigenvalue weighted by Crippen LogP contribution is -2.50. The van der Waals surface area contributed by atoms with Crippen LogP contribution >= 0.6 is 0 Å². The number of hydrogen-bond acceptors (Lipinski definition) is 3. The number of rotatable bonds is 4. The van der Waals surface area contributed by atoms with Crippen molar-refractivity contribution in [2.45, 2.75) is 32.9 Å². The molecule has 3 amide bonds. The summed E-state index contributed by atoms with van der Waals surface area (Å²) in [6, 6.07) is 6.80. The molecular formula is C14H22N4O2. The van der Waals surface area contributed by atoms with Gasteiger partial charge in [0.15, 0.2) is 0 Å². The molecule has 0 radical (unpaired) electrons. The molecule has 0 unspecified atom stereocenters. The summed E-state index contributed by atoms with van der Waals surface area (Å²) >= 11 is 0. The molecule has 0 saturated heterocycles. The van der Waals surface area contributed by atoms with Crippen molar-refractivity contribution in [3.63, 3.8) is 0 Å². The van der Waals surface area contributed by atoms with Crippen LogP contribution in [0.15, 0.2) is 24.3 Å². The van der Waals surface area contributed by atoms with Crippen LogP contribution in [-0.2, 0) is 11.3 Å². The first kappa shape index (κ1) is 15.8. The van der Waals surface area contributed by atoms with Crippen LogP contribution in [0.4, 0.5) is 10.5 Å². The number of nitrogens with zero attached hydrogens (tertiary/aromatic N) is 1. The number of nitrogens with one attached hydrogen (secondary N) is 1. The van der Waals surface area contributed by atoms with Gasteiger partial charge < -0.3 is 21.7 Å². The third kappa shape index (κ3) is 5.60. The highest BCUT2D eigenvalue weighted by atomic mass is 16.2. The van der Waals surface area contributed by atoms with E-state index in [1.165, 1.54) is 4.90 Å². The molecule has 0 fully saturated rings. The Morgan fingerprint density at radius 2 is 1.75 bits per heavy atom. The smallest absolute Gasteiger partial charge is 0.318 e. The Hall–Kier alpha value is -2.24. The molecule has 20 heavy (non-hydrogen) atoms. The van der Waals surface area contributed by atoms with Gasteiger partial charge in [-0.3, -0.25) is 4.79 Å². The summed E-state index contributed by atoms with van der Waals surface area (Å²) in [6.07, 6.45) is 0. The summed E-state index contributed by atoms with van der Waals surface area (Å²) in [5, 5.41) is 2.81. The Bertz CT molecular complexity index is 477. The SMILES string of the molecule is CC(C)(C)NC(=O)N(CC(N)=O)Cc1ccc(N)cc1. The summed E-state index contributed by atoms with van der Waals surface area (Å²) in [5.74, 6) is -0.551. The predicted molar refractivity (Wildman–Crippen MR) is 78.7 cm³/mol. The number of nitrogen functional groups attached to an aromatic ring is 1. The predicted octanol–water partition coefficient (Wildman–Crippen LogP) is 1.06. The molecule has 0 saturated carbocycles. The van der Waals surface area contributed by atoms with Gasteiger partial charge in [-0.1, -0.05) is 12.1 Å². The zero-order chi connectivity index (χ0) is 15.3. The molecule has 0 spiro atoms. The van der Waals surface area contributed by atoms with Gasteiger partial charge in [-0.05, 0) is 38.5 Å². The molecule has 110 valence electrons. The van der Waals surface area contributed by atoms with Crippen LogP contribution in [0.1, 0.15) is 26.3 Å². The minimum Gasteiger partial charge on any atom is -0.399 e. The topological polar surface area (TPSA) is 101 Å². The Kier molecular flexibility index (Phi) is 4.96. The van der Waals surface area contributed by atoms with Crippen LogP contribution in [0.5, 0.6) is 0 Å². The monoisotopic (exact) mass is 278 g/mol. The van der Waals surface area contributed by atoms with Gasteiger partial charge in [0.1, 0.15) is 6.54 Å². The van der Waals surface area contributed by atoms with Crippen LogP contribution in [0.25, 0.3) is 0 Å². The van der Waals surface area contributed by atoms with Gasteiger partial charge in [-0.25, -0.2) is 4.79 Å². The van der Waals surface area contributed by atoms with Crippen molar-refractivity contribution in [2.24, 2.45) is 5.73 Å². The Labute approximate surface area is 119 Å². The van der Waals surface area contributed by atoms with Gasteiger partial charge in [-0.15, -0.1) is 0 Å². The number of carbonyl (C=O) groups excluding carboxylic acids is 2. The summed E-state index contributed by atoms with van der Waals surface area (Å²) in [7, 11) is 0. The number of urea groups is 1. The fraction of sp³-hybridized carbons (Fsp3) is 0.429. The average molecular weight is 278 g/mol. The first-order chi connectivity index (χ1) is 9.17. The standard InChI is InChI=1S/C14H22N4O2/c1-14(2,3)17-13(20)18(9-12(16)19)8-10-4-6-11(15)7-5-10/h4-7H,8-9,15H2,1-3H3,(H2,16,19)(H,17,20). The number of nitrogens with two attached hydrogens (primary N) is 2. The molecule has 6 nitrogen and oxygen atoms in total. The van der Waals surface area contributed by atoms with Crippen molar-refractivity contribution < 1.29 is 9.59 Å². The fourth-order valence-electron chi connectivity index (χ4n) is 1.63. The van der Waals surface area contributed by atoms with Crippen LogP contribution in [0, 0.1) is 0 Å². The minimum atomic E-state index is -0.551. The van der Waals surface area contributed by atoms with E-state index in [4.69, 9.17) is 11.5 Å². The molecule has 5 N–H and O–H groups in total. The maximum atomic E-state index is 12.1. The summed E-state index contributed by atoms with van der Waals surface area (Å²) < 4.78 is 0. The summed E-state index contributed by atoms with van der Waals surface area (Å²) in [4.78, 5) is 24.6. The second kappa shape index (κ2) is 6.27. The van der Waals surface area contributed by atoms with Crippen molar-refractivity contribution >= 4 is 17.6 Å². The van der Waals surface area contributed by atoms with Crippen molar-refractivity contribution in [2.75, 3.05) is 12.3 Å². The number of primary amides is 1. The zero-order valence-corrected chi connectivity index (χ0v) is 12.1. The Morgan fingerprint density at radius 3 is 2.20 bits per heavy atom. The maximum absolute atomic E-state index is 12.1. The first-order valence-electron chi connectivity index (χ1n) is 6.37. The van der Waals surface area contributed by atoms with Gasteiger partial charge in [0.05, 0.1) is 0 Å². The number of carbonyl (C=O) groups is 2. The van der Waals surface area contributed by atoms with E-state index < -0.39 is 5.91 Å². The van der Waals surface area contributed by atoms with Gasteiger partial charge >= 0.3 is 6.03 Å². The molecule has 0 atom stereocenters. The fourth-order valence-corrected chi connectivity index (χ4v) is 1.63. The molecule has 1 aromatic carbocycles. The average Bonchev–Trinajstić information content (AvgIpc) is 2.28. The molecule has 0 aliphatic rings. The number of hydrogen-bond donors (Lipinski definition) is 3. The number of benzene rings is 1. The van der Waals surface area contributed by atoms with E-state index in [9.17, 15) is 9.59 Å². The van der Waals surface area contributed by atoms with E-state index >= 15 is 0 Å². The van der Waals surface area contributed by atoms with Crippen LogP contribution in [0.2, 0.25) is 0 Å². The van der Waals surface area contributed by atoms with Crippen molar-refractivity contribution in [1.29, 1.82) is 0 Å². The second-order valence-corrected chi connectivity index (χ2v) is 5.74. The van der Waals surface area contributed by atoms with Crippen molar-refractivity contribution in [3.05, 3.63) is 29.8 Å². The third-order valence-electron chi connectivity index (χ3n) is 2.47. The summed E-state index contributed by atoms with van der Waals surface area (Å²) in [6.45, 7) is 5.78. The molecule has 0 aromatic heterocycles. The van der Waals surface area contributed by atoms with Crippen LogP contribution < -0.4 is 16.8 Å². The van der Waals surface area contributed by atoms with Gasteiger partial charge in [-0.2, -0.15) is 0 Å². The van der Waals surface area contributed by atoms with Gasteiger partial charge in [0, 0.05) is 17.8 Å². The molecule has 6 heteroatoms. The molecule has 0 bridgehead atoms. The lowest BCUT2D eigenvalue weighted by Gasteiger charge is -2.27. The van der Waals surface area contributed by atoms with Gasteiger partial charge in [0.2, 0.25) is 5.91 Å². The Morgan fingerprint density at radius 1 is 1.20 bits per heavy atom. The molecule has 1 aromatic rings. The lowest BCUT2D eigenvalue weighted by atomic mass is 10.1. The maximum Gasteiger partial charge on any atom is 0.318 e. The molecule has 0 aliphatic heterocycles. The summed E-state index contributed by atoms with van der Waals surface area (Å²) in [5.41, 5.74) is 12.0. The number of anilines is 1. The van der Waals surface area contributed by atoms with Gasteiger partial charge in [0.25, 0.3) is 0 Å². The van der Waals surface area contributed by atoms with Crippen LogP contribution in [-0.4, -0.2) is 28.9 Å². The second-order valence-electron chi connectivity index (χ2n) is 5.74. The minimum absolute atomic E-state index is 0.133. The van der Waals surface area contributed by atoms with Crippen LogP contribution in [0.3, 0.4) is 0 Å².